The SMILES string of the molecule is COc1ccc(CNC(=O)C2(c3nc(-c4ccc(Cl)c(Cl)c4)cs3)C=CC(c3ccccc3)C(C(=O)O)=C2)cc1. The average Bonchev–Trinajstić information content (AvgIpc) is 3.48. The largest absolute Gasteiger partial charge is 0.497 e. The summed E-state index contributed by atoms with van der Waals surface area (Å²) in [5.74, 6) is -1.30. The molecule has 40 heavy (non-hydrogen) atoms. The number of thiazole rings is 1. The smallest absolute Gasteiger partial charge is 0.332 e. The number of carbonyl (C=O) groups excluding carboxylic acids is 1. The predicted octanol–water partition coefficient (Wildman–Crippen LogP) is 7.04. The Labute approximate surface area is 245 Å². The van der Waals surface area contributed by atoms with Crippen molar-refractivity contribution in [1.29, 1.82) is 0 Å². The summed E-state index contributed by atoms with van der Waals surface area (Å²) in [7, 11) is 1.59. The minimum Gasteiger partial charge on any atom is -0.497 e. The molecule has 0 saturated carbocycles. The fourth-order valence-corrected chi connectivity index (χ4v) is 5.85. The number of aliphatic carboxylic acids is 1. The molecule has 6 nitrogen and oxygen atoms in total. The van der Waals surface area contributed by atoms with Crippen molar-refractivity contribution in [2.45, 2.75) is 17.9 Å². The molecule has 0 saturated heterocycles. The van der Waals surface area contributed by atoms with Crippen LogP contribution < -0.4 is 10.1 Å². The highest BCUT2D eigenvalue weighted by Gasteiger charge is 2.43. The second-order valence-electron chi connectivity index (χ2n) is 9.22. The van der Waals surface area contributed by atoms with Crippen LogP contribution >= 0.6 is 34.5 Å². The van der Waals surface area contributed by atoms with Crippen LogP contribution in [0.15, 0.2) is 102 Å². The molecular formula is C31H24Cl2N2O4S. The first-order valence-electron chi connectivity index (χ1n) is 12.3. The maximum atomic E-state index is 14.0. The van der Waals surface area contributed by atoms with Crippen LogP contribution in [-0.2, 0) is 21.5 Å². The van der Waals surface area contributed by atoms with Crippen molar-refractivity contribution in [3.05, 3.63) is 128 Å². The number of amides is 1. The monoisotopic (exact) mass is 590 g/mol. The van der Waals surface area contributed by atoms with Crippen molar-refractivity contribution in [3.63, 3.8) is 0 Å². The summed E-state index contributed by atoms with van der Waals surface area (Å²) < 4.78 is 5.21. The zero-order valence-electron chi connectivity index (χ0n) is 21.3. The summed E-state index contributed by atoms with van der Waals surface area (Å²) in [6.45, 7) is 0.238. The van der Waals surface area contributed by atoms with Gasteiger partial charge in [-0.15, -0.1) is 11.3 Å². The topological polar surface area (TPSA) is 88.5 Å². The molecule has 0 fully saturated rings. The molecule has 3 aromatic carbocycles. The molecule has 202 valence electrons. The number of nitrogens with one attached hydrogen (secondary N) is 1. The predicted molar refractivity (Wildman–Crippen MR) is 158 cm³/mol. The van der Waals surface area contributed by atoms with Crippen LogP contribution in [0.1, 0.15) is 22.1 Å². The highest BCUT2D eigenvalue weighted by Crippen LogP contribution is 2.42. The fourth-order valence-electron chi connectivity index (χ4n) is 4.58. The van der Waals surface area contributed by atoms with E-state index in [1.54, 1.807) is 37.5 Å². The fraction of sp³-hybridized carbons (Fsp3) is 0.129. The molecule has 1 aliphatic rings. The van der Waals surface area contributed by atoms with Gasteiger partial charge in [-0.25, -0.2) is 9.78 Å². The van der Waals surface area contributed by atoms with Gasteiger partial charge in [-0.1, -0.05) is 83.9 Å². The highest BCUT2D eigenvalue weighted by molar-refractivity contribution is 7.10. The third-order valence-electron chi connectivity index (χ3n) is 6.74. The van der Waals surface area contributed by atoms with Gasteiger partial charge in [0.1, 0.15) is 16.2 Å². The van der Waals surface area contributed by atoms with Crippen LogP contribution in [0, 0.1) is 0 Å². The number of allylic oxidation sites excluding steroid dienone is 1. The first kappa shape index (κ1) is 27.6. The second kappa shape index (κ2) is 11.7. The van der Waals surface area contributed by atoms with Gasteiger partial charge in [-0.2, -0.15) is 0 Å². The number of carboxylic acids is 1. The Balaban J connectivity index is 1.55. The van der Waals surface area contributed by atoms with Crippen molar-refractivity contribution in [1.82, 2.24) is 10.3 Å². The number of rotatable bonds is 8. The summed E-state index contributed by atoms with van der Waals surface area (Å²) in [5.41, 5.74) is 1.67. The van der Waals surface area contributed by atoms with Crippen molar-refractivity contribution >= 4 is 46.4 Å². The Morgan fingerprint density at radius 2 is 1.80 bits per heavy atom. The Bertz CT molecular complexity index is 1620. The molecule has 5 rings (SSSR count). The van der Waals surface area contributed by atoms with Gasteiger partial charge in [0.25, 0.3) is 0 Å². The first-order valence-corrected chi connectivity index (χ1v) is 14.0. The van der Waals surface area contributed by atoms with Gasteiger partial charge in [0.2, 0.25) is 5.91 Å². The van der Waals surface area contributed by atoms with Crippen molar-refractivity contribution in [2.75, 3.05) is 7.11 Å². The van der Waals surface area contributed by atoms with Gasteiger partial charge in [0, 0.05) is 29.0 Å². The van der Waals surface area contributed by atoms with E-state index in [0.29, 0.717) is 26.5 Å². The number of hydrogen-bond acceptors (Lipinski definition) is 5. The van der Waals surface area contributed by atoms with Gasteiger partial charge in [-0.05, 0) is 41.5 Å². The first-order chi connectivity index (χ1) is 19.3. The Hall–Kier alpha value is -3.91. The molecule has 1 aromatic heterocycles. The van der Waals surface area contributed by atoms with Crippen molar-refractivity contribution in [3.8, 4) is 17.0 Å². The molecule has 4 aromatic rings. The maximum absolute atomic E-state index is 14.0. The molecule has 9 heteroatoms. The summed E-state index contributed by atoms with van der Waals surface area (Å²) in [6.07, 6.45) is 5.04. The maximum Gasteiger partial charge on any atom is 0.332 e. The van der Waals surface area contributed by atoms with Gasteiger partial charge in [0.05, 0.1) is 22.8 Å². The minimum atomic E-state index is -1.44. The van der Waals surface area contributed by atoms with Crippen LogP contribution in [0.2, 0.25) is 10.0 Å². The molecule has 0 radical (unpaired) electrons. The Kier molecular flexibility index (Phi) is 8.07. The second-order valence-corrected chi connectivity index (χ2v) is 10.9. The van der Waals surface area contributed by atoms with Gasteiger partial charge in [-0.3, -0.25) is 4.79 Å². The number of carbonyl (C=O) groups is 2. The van der Waals surface area contributed by atoms with Gasteiger partial charge >= 0.3 is 5.97 Å². The van der Waals surface area contributed by atoms with E-state index < -0.39 is 17.3 Å². The van der Waals surface area contributed by atoms with E-state index >= 15 is 0 Å². The molecule has 1 heterocycles. The summed E-state index contributed by atoms with van der Waals surface area (Å²) in [6, 6.07) is 21.9. The van der Waals surface area contributed by atoms with Gasteiger partial charge < -0.3 is 15.2 Å². The summed E-state index contributed by atoms with van der Waals surface area (Å²) in [5, 5.41) is 16.3. The average molecular weight is 592 g/mol. The molecule has 1 amide bonds. The minimum absolute atomic E-state index is 0.0968. The number of carboxylic acid groups (broad SMARTS) is 1. The lowest BCUT2D eigenvalue weighted by Crippen LogP contribution is -2.43. The van der Waals surface area contributed by atoms with Gasteiger partial charge in [0.15, 0.2) is 0 Å². The molecule has 0 aliphatic heterocycles. The van der Waals surface area contributed by atoms with Crippen molar-refractivity contribution < 1.29 is 19.4 Å². The molecule has 1 aliphatic carbocycles. The van der Waals surface area contributed by atoms with Crippen LogP contribution in [-0.4, -0.2) is 29.1 Å². The number of nitrogens with zero attached hydrogens (tertiary/aromatic N) is 1. The molecular weight excluding hydrogens is 567 g/mol. The van der Waals surface area contributed by atoms with E-state index in [2.05, 4.69) is 5.32 Å². The zero-order valence-corrected chi connectivity index (χ0v) is 23.6. The number of benzene rings is 3. The quantitative estimate of drug-likeness (QED) is 0.215. The van der Waals surface area contributed by atoms with Crippen LogP contribution in [0.25, 0.3) is 11.3 Å². The molecule has 0 bridgehead atoms. The van der Waals surface area contributed by atoms with Crippen LogP contribution in [0.5, 0.6) is 5.75 Å². The number of halogens is 2. The third-order valence-corrected chi connectivity index (χ3v) is 8.47. The molecule has 0 spiro atoms. The third kappa shape index (κ3) is 5.54. The highest BCUT2D eigenvalue weighted by atomic mass is 35.5. The van der Waals surface area contributed by atoms with E-state index in [1.807, 2.05) is 60.0 Å². The lowest BCUT2D eigenvalue weighted by atomic mass is 9.75. The lowest BCUT2D eigenvalue weighted by Gasteiger charge is -2.30. The number of ether oxygens (including phenoxy) is 1. The standard InChI is InChI=1S/C31H24Cl2N2O4S/c1-39-22-10-7-19(8-11-22)17-34-29(38)31(30-35-27(18-40-30)21-9-12-25(32)26(33)15-21)14-13-23(24(16-31)28(36)37)20-5-3-2-4-6-20/h2-16,18,23H,17H2,1H3,(H,34,38)(H,36,37). The molecule has 2 atom stereocenters. The van der Waals surface area contributed by atoms with E-state index in [1.165, 1.54) is 17.4 Å². The van der Waals surface area contributed by atoms with E-state index in [9.17, 15) is 14.7 Å². The number of hydrogen-bond donors (Lipinski definition) is 2. The Morgan fingerprint density at radius 3 is 2.48 bits per heavy atom. The summed E-state index contributed by atoms with van der Waals surface area (Å²) in [4.78, 5) is 31.3. The zero-order chi connectivity index (χ0) is 28.3. The lowest BCUT2D eigenvalue weighted by molar-refractivity contribution is -0.132. The summed E-state index contributed by atoms with van der Waals surface area (Å²) >= 11 is 13.6. The van der Waals surface area contributed by atoms with Crippen molar-refractivity contribution in [2.24, 2.45) is 0 Å². The number of aromatic nitrogens is 1. The van der Waals surface area contributed by atoms with Crippen LogP contribution in [0.4, 0.5) is 0 Å². The molecule has 2 N–H and O–H groups in total. The van der Waals surface area contributed by atoms with Crippen LogP contribution in [0.3, 0.4) is 0 Å². The normalized spacial score (nSPS) is 18.2. The Morgan fingerprint density at radius 1 is 1.05 bits per heavy atom. The van der Waals surface area contributed by atoms with E-state index in [-0.39, 0.29) is 18.0 Å². The van der Waals surface area contributed by atoms with E-state index in [0.717, 1.165) is 16.7 Å². The van der Waals surface area contributed by atoms with E-state index in [4.69, 9.17) is 32.9 Å². The molecule has 2 unspecified atom stereocenters. The number of methoxy groups -OCH3 is 1.